The maximum absolute atomic E-state index is 9.87. The Morgan fingerprint density at radius 2 is 2.43 bits per heavy atom. The van der Waals surface area contributed by atoms with E-state index in [1.807, 2.05) is 6.92 Å². The van der Waals surface area contributed by atoms with Gasteiger partial charge in [0.05, 0.1) is 0 Å². The standard InChI is InChI=1S/C5H7BrO/c1-2-5(3-6)4-7/h3-4H,2H2,1H3/b5-3+. The molecule has 0 bridgehead atoms. The summed E-state index contributed by atoms with van der Waals surface area (Å²) in [5.41, 5.74) is 0.792. The van der Waals surface area contributed by atoms with Crippen LogP contribution in [0.5, 0.6) is 0 Å². The number of rotatable bonds is 2. The van der Waals surface area contributed by atoms with E-state index in [9.17, 15) is 4.79 Å². The molecule has 0 fully saturated rings. The summed E-state index contributed by atoms with van der Waals surface area (Å²) in [7, 11) is 0. The van der Waals surface area contributed by atoms with Crippen LogP contribution in [0.3, 0.4) is 0 Å². The minimum Gasteiger partial charge on any atom is -0.298 e. The van der Waals surface area contributed by atoms with Crippen molar-refractivity contribution < 1.29 is 4.79 Å². The van der Waals surface area contributed by atoms with E-state index in [0.29, 0.717) is 0 Å². The van der Waals surface area contributed by atoms with Gasteiger partial charge in [-0.15, -0.1) is 0 Å². The summed E-state index contributed by atoms with van der Waals surface area (Å²) in [6, 6.07) is 0. The largest absolute Gasteiger partial charge is 0.298 e. The lowest BCUT2D eigenvalue weighted by atomic mass is 10.3. The zero-order valence-corrected chi connectivity index (χ0v) is 5.73. The molecule has 7 heavy (non-hydrogen) atoms. The van der Waals surface area contributed by atoms with Crippen LogP contribution in [0.25, 0.3) is 0 Å². The molecule has 0 aromatic heterocycles. The van der Waals surface area contributed by atoms with Gasteiger partial charge < -0.3 is 0 Å². The average molecular weight is 163 g/mol. The van der Waals surface area contributed by atoms with Gasteiger partial charge in [0, 0.05) is 0 Å². The Labute approximate surface area is 51.5 Å². The van der Waals surface area contributed by atoms with Crippen molar-refractivity contribution in [3.63, 3.8) is 0 Å². The minimum absolute atomic E-state index is 0.792. The Hall–Kier alpha value is -0.110. The van der Waals surface area contributed by atoms with Crippen molar-refractivity contribution in [2.24, 2.45) is 0 Å². The van der Waals surface area contributed by atoms with Crippen LogP contribution in [0.4, 0.5) is 0 Å². The van der Waals surface area contributed by atoms with Crippen LogP contribution in [0.15, 0.2) is 10.6 Å². The summed E-state index contributed by atoms with van der Waals surface area (Å²) < 4.78 is 0. The van der Waals surface area contributed by atoms with Gasteiger partial charge in [0.25, 0.3) is 0 Å². The highest BCUT2D eigenvalue weighted by molar-refractivity contribution is 9.11. The summed E-state index contributed by atoms with van der Waals surface area (Å²) in [5, 5.41) is 0. The van der Waals surface area contributed by atoms with Gasteiger partial charge in [-0.3, -0.25) is 4.79 Å². The molecule has 0 heterocycles. The lowest BCUT2D eigenvalue weighted by molar-refractivity contribution is -0.105. The summed E-state index contributed by atoms with van der Waals surface area (Å²) in [4.78, 5) is 11.5. The van der Waals surface area contributed by atoms with Crippen LogP contribution in [-0.2, 0) is 4.79 Å². The van der Waals surface area contributed by atoms with E-state index in [1.54, 1.807) is 4.99 Å². The van der Waals surface area contributed by atoms with Gasteiger partial charge >= 0.3 is 0 Å². The zero-order chi connectivity index (χ0) is 5.70. The third-order valence-corrected chi connectivity index (χ3v) is 1.29. The highest BCUT2D eigenvalue weighted by Crippen LogP contribution is 1.97. The third-order valence-electron chi connectivity index (χ3n) is 0.700. The van der Waals surface area contributed by atoms with E-state index < -0.39 is 0 Å². The van der Waals surface area contributed by atoms with Gasteiger partial charge in [0.1, 0.15) is 6.29 Å². The zero-order valence-electron chi connectivity index (χ0n) is 4.15. The van der Waals surface area contributed by atoms with Gasteiger partial charge in [-0.1, -0.05) is 22.9 Å². The maximum atomic E-state index is 9.87. The summed E-state index contributed by atoms with van der Waals surface area (Å²) >= 11 is 3.04. The third kappa shape index (κ3) is 2.57. The quantitative estimate of drug-likeness (QED) is 0.448. The molecular weight excluding hydrogens is 156 g/mol. The van der Waals surface area contributed by atoms with Crippen molar-refractivity contribution in [2.45, 2.75) is 13.3 Å². The molecule has 2 heteroatoms. The lowest BCUT2D eigenvalue weighted by Gasteiger charge is -1.82. The Morgan fingerprint density at radius 1 is 1.86 bits per heavy atom. The molecule has 0 N–H and O–H groups in total. The molecule has 0 aromatic carbocycles. The second-order valence-electron chi connectivity index (χ2n) is 1.16. The number of hydrogen-bond acceptors (Lipinski definition) is 1. The highest BCUT2D eigenvalue weighted by atomic mass is 79.9. The van der Waals surface area contributed by atoms with Crippen molar-refractivity contribution in [3.05, 3.63) is 10.6 Å². The highest BCUT2D eigenvalue weighted by Gasteiger charge is 1.83. The van der Waals surface area contributed by atoms with Gasteiger partial charge in [-0.2, -0.15) is 0 Å². The molecule has 0 aliphatic heterocycles. The lowest BCUT2D eigenvalue weighted by Crippen LogP contribution is -1.76. The Kier molecular flexibility index (Phi) is 4.00. The van der Waals surface area contributed by atoms with E-state index >= 15 is 0 Å². The summed E-state index contributed by atoms with van der Waals surface area (Å²) in [5.74, 6) is 0. The van der Waals surface area contributed by atoms with Gasteiger partial charge in [0.15, 0.2) is 0 Å². The average Bonchev–Trinajstić information content (AvgIpc) is 1.72. The SMILES string of the molecule is CC/C(C=O)=C\Br. The van der Waals surface area contributed by atoms with Crippen molar-refractivity contribution in [1.29, 1.82) is 0 Å². The van der Waals surface area contributed by atoms with Gasteiger partial charge in [0.2, 0.25) is 0 Å². The first-order valence-electron chi connectivity index (χ1n) is 2.09. The predicted molar refractivity (Wildman–Crippen MR) is 33.4 cm³/mol. The Morgan fingerprint density at radius 3 is 2.43 bits per heavy atom. The molecule has 0 saturated carbocycles. The second kappa shape index (κ2) is 4.06. The molecule has 0 spiro atoms. The summed E-state index contributed by atoms with van der Waals surface area (Å²) in [6.45, 7) is 1.93. The van der Waals surface area contributed by atoms with Gasteiger partial charge in [-0.05, 0) is 17.0 Å². The van der Waals surface area contributed by atoms with E-state index in [-0.39, 0.29) is 0 Å². The summed E-state index contributed by atoms with van der Waals surface area (Å²) in [6.07, 6.45) is 1.64. The molecule has 1 nitrogen and oxygen atoms in total. The molecule has 0 amide bonds. The van der Waals surface area contributed by atoms with Crippen LogP contribution >= 0.6 is 15.9 Å². The molecule has 0 aromatic rings. The Balaban J connectivity index is 3.60. The fourth-order valence-corrected chi connectivity index (χ4v) is 0.618. The molecule has 0 rings (SSSR count). The number of allylic oxidation sites excluding steroid dienone is 1. The first-order valence-corrected chi connectivity index (χ1v) is 3.01. The molecule has 0 aliphatic carbocycles. The van der Waals surface area contributed by atoms with Crippen LogP contribution in [-0.4, -0.2) is 6.29 Å². The molecule has 0 aliphatic rings. The molecule has 0 unspecified atom stereocenters. The van der Waals surface area contributed by atoms with E-state index in [0.717, 1.165) is 18.3 Å². The van der Waals surface area contributed by atoms with Crippen molar-refractivity contribution in [2.75, 3.05) is 0 Å². The smallest absolute Gasteiger partial charge is 0.146 e. The van der Waals surface area contributed by atoms with Crippen LogP contribution in [0.2, 0.25) is 0 Å². The Bertz CT molecular complexity index is 86.1. The number of hydrogen-bond donors (Lipinski definition) is 0. The minimum atomic E-state index is 0.792. The predicted octanol–water partition coefficient (Wildman–Crippen LogP) is 1.87. The topological polar surface area (TPSA) is 17.1 Å². The fraction of sp³-hybridized carbons (Fsp3) is 0.400. The van der Waals surface area contributed by atoms with E-state index in [2.05, 4.69) is 15.9 Å². The van der Waals surface area contributed by atoms with Crippen LogP contribution in [0.1, 0.15) is 13.3 Å². The van der Waals surface area contributed by atoms with Crippen LogP contribution < -0.4 is 0 Å². The number of carbonyl (C=O) groups excluding carboxylic acids is 1. The van der Waals surface area contributed by atoms with Gasteiger partial charge in [-0.25, -0.2) is 0 Å². The van der Waals surface area contributed by atoms with E-state index in [4.69, 9.17) is 0 Å². The van der Waals surface area contributed by atoms with Crippen LogP contribution in [0, 0.1) is 0 Å². The normalized spacial score (nSPS) is 11.4. The van der Waals surface area contributed by atoms with E-state index in [1.165, 1.54) is 0 Å². The van der Waals surface area contributed by atoms with Crippen molar-refractivity contribution in [3.8, 4) is 0 Å². The molecule has 0 atom stereocenters. The molecule has 0 saturated heterocycles. The van der Waals surface area contributed by atoms with Crippen molar-refractivity contribution >= 4 is 22.2 Å². The molecule has 0 radical (unpaired) electrons. The number of carbonyl (C=O) groups is 1. The number of aldehydes is 1. The number of halogens is 1. The molecule has 40 valence electrons. The maximum Gasteiger partial charge on any atom is 0.146 e. The first-order chi connectivity index (χ1) is 3.35. The van der Waals surface area contributed by atoms with Crippen molar-refractivity contribution in [1.82, 2.24) is 0 Å². The fourth-order valence-electron chi connectivity index (χ4n) is 0.186. The molecular formula is C5H7BrO. The monoisotopic (exact) mass is 162 g/mol. The second-order valence-corrected chi connectivity index (χ2v) is 1.61. The first kappa shape index (κ1) is 6.89.